The van der Waals surface area contributed by atoms with Crippen molar-refractivity contribution in [3.8, 4) is 0 Å². The fourth-order valence-electron chi connectivity index (χ4n) is 1.30. The first-order valence-electron chi connectivity index (χ1n) is 5.02. The predicted molar refractivity (Wildman–Crippen MR) is 60.7 cm³/mol. The van der Waals surface area contributed by atoms with E-state index in [9.17, 15) is 9.59 Å². The molecule has 0 bridgehead atoms. The first-order valence-corrected chi connectivity index (χ1v) is 5.02. The van der Waals surface area contributed by atoms with Gasteiger partial charge in [-0.1, -0.05) is 24.3 Å². The molecule has 0 atom stereocenters. The van der Waals surface area contributed by atoms with Gasteiger partial charge in [-0.05, 0) is 26.1 Å². The number of aliphatic carboxylic acids is 1. The zero-order chi connectivity index (χ0) is 12.1. The Balaban J connectivity index is 2.68. The molecule has 0 saturated carbocycles. The van der Waals surface area contributed by atoms with Gasteiger partial charge in [0.05, 0.1) is 0 Å². The summed E-state index contributed by atoms with van der Waals surface area (Å²) < 4.78 is 0. The Kier molecular flexibility index (Phi) is 4.19. The largest absolute Gasteiger partial charge is 0.475 e. The highest BCUT2D eigenvalue weighted by molar-refractivity contribution is 6.39. The maximum Gasteiger partial charge on any atom is 0.377 e. The lowest BCUT2D eigenvalue weighted by Crippen LogP contribution is -2.15. The van der Waals surface area contributed by atoms with Crippen LogP contribution in [0.3, 0.4) is 0 Å². The van der Waals surface area contributed by atoms with Crippen molar-refractivity contribution in [1.82, 2.24) is 4.90 Å². The van der Waals surface area contributed by atoms with E-state index in [1.165, 1.54) is 0 Å². The van der Waals surface area contributed by atoms with Crippen LogP contribution in [-0.2, 0) is 11.2 Å². The number of ketones is 1. The number of carboxylic acid groups (broad SMARTS) is 1. The molecule has 0 fully saturated rings. The highest BCUT2D eigenvalue weighted by Gasteiger charge is 2.13. The van der Waals surface area contributed by atoms with Gasteiger partial charge in [-0.3, -0.25) is 4.79 Å². The Bertz CT molecular complexity index is 382. The lowest BCUT2D eigenvalue weighted by molar-refractivity contribution is -0.131. The van der Waals surface area contributed by atoms with Gasteiger partial charge in [-0.2, -0.15) is 0 Å². The van der Waals surface area contributed by atoms with Crippen LogP contribution in [0.25, 0.3) is 0 Å². The second-order valence-electron chi connectivity index (χ2n) is 3.88. The molecule has 0 unspecified atom stereocenters. The number of hydrogen-bond donors (Lipinski definition) is 1. The number of Topliss-reactive ketones (excluding diaryl/α,β-unsaturated/α-hetero) is 1. The van der Waals surface area contributed by atoms with Crippen molar-refractivity contribution < 1.29 is 14.7 Å². The van der Waals surface area contributed by atoms with Gasteiger partial charge < -0.3 is 10.0 Å². The van der Waals surface area contributed by atoms with Crippen molar-refractivity contribution in [2.45, 2.75) is 6.42 Å². The van der Waals surface area contributed by atoms with Crippen LogP contribution < -0.4 is 0 Å². The Hall–Kier alpha value is -1.68. The zero-order valence-electron chi connectivity index (χ0n) is 9.43. The Labute approximate surface area is 94.5 Å². The minimum atomic E-state index is -1.42. The molecule has 0 radical (unpaired) electrons. The standard InChI is InChI=1S/C12H15NO3/c1-13(2)8-7-9-3-5-10(6-4-9)11(14)12(15)16/h3-6H,7-8H2,1-2H3,(H,15,16). The number of nitrogens with zero attached hydrogens (tertiary/aromatic N) is 1. The molecule has 0 aromatic heterocycles. The van der Waals surface area contributed by atoms with Gasteiger partial charge in [-0.15, -0.1) is 0 Å². The van der Waals surface area contributed by atoms with Gasteiger partial charge in [-0.25, -0.2) is 4.79 Å². The molecule has 0 aliphatic heterocycles. The number of benzene rings is 1. The molecular weight excluding hydrogens is 206 g/mol. The van der Waals surface area contributed by atoms with Crippen LogP contribution in [-0.4, -0.2) is 42.4 Å². The second-order valence-corrected chi connectivity index (χ2v) is 3.88. The lowest BCUT2D eigenvalue weighted by atomic mass is 10.1. The van der Waals surface area contributed by atoms with Crippen LogP contribution >= 0.6 is 0 Å². The Morgan fingerprint density at radius 3 is 2.19 bits per heavy atom. The zero-order valence-corrected chi connectivity index (χ0v) is 9.43. The highest BCUT2D eigenvalue weighted by atomic mass is 16.4. The second kappa shape index (κ2) is 5.42. The van der Waals surface area contributed by atoms with Crippen molar-refractivity contribution in [2.75, 3.05) is 20.6 Å². The summed E-state index contributed by atoms with van der Waals surface area (Å²) in [5, 5.41) is 8.52. The summed E-state index contributed by atoms with van der Waals surface area (Å²) in [4.78, 5) is 23.6. The smallest absolute Gasteiger partial charge is 0.377 e. The van der Waals surface area contributed by atoms with Crippen LogP contribution in [0.2, 0.25) is 0 Å². The predicted octanol–water partition coefficient (Wildman–Crippen LogP) is 1.06. The average molecular weight is 221 g/mol. The number of carbonyl (C=O) groups is 2. The van der Waals surface area contributed by atoms with E-state index >= 15 is 0 Å². The van der Waals surface area contributed by atoms with Crippen molar-refractivity contribution in [3.05, 3.63) is 35.4 Å². The molecule has 16 heavy (non-hydrogen) atoms. The molecule has 1 rings (SSSR count). The molecule has 4 heteroatoms. The van der Waals surface area contributed by atoms with E-state index in [-0.39, 0.29) is 5.56 Å². The number of carbonyl (C=O) groups excluding carboxylic acids is 1. The van der Waals surface area contributed by atoms with Crippen molar-refractivity contribution in [1.29, 1.82) is 0 Å². The lowest BCUT2D eigenvalue weighted by Gasteiger charge is -2.09. The molecule has 0 saturated heterocycles. The van der Waals surface area contributed by atoms with Crippen molar-refractivity contribution in [2.24, 2.45) is 0 Å². The van der Waals surface area contributed by atoms with E-state index in [2.05, 4.69) is 4.90 Å². The van der Waals surface area contributed by atoms with Crippen LogP contribution in [0, 0.1) is 0 Å². The van der Waals surface area contributed by atoms with Gasteiger partial charge in [0.25, 0.3) is 5.78 Å². The van der Waals surface area contributed by atoms with Gasteiger partial charge >= 0.3 is 5.97 Å². The van der Waals surface area contributed by atoms with Crippen LogP contribution in [0.4, 0.5) is 0 Å². The maximum absolute atomic E-state index is 11.1. The molecule has 1 aromatic rings. The third-order valence-electron chi connectivity index (χ3n) is 2.26. The van der Waals surface area contributed by atoms with Gasteiger partial charge in [0.2, 0.25) is 0 Å². The van der Waals surface area contributed by atoms with Crippen molar-refractivity contribution >= 4 is 11.8 Å². The summed E-state index contributed by atoms with van der Waals surface area (Å²) in [6.07, 6.45) is 0.883. The van der Waals surface area contributed by atoms with Crippen LogP contribution in [0.5, 0.6) is 0 Å². The summed E-state index contributed by atoms with van der Waals surface area (Å²) >= 11 is 0. The molecule has 0 aliphatic rings. The van der Waals surface area contributed by atoms with Crippen LogP contribution in [0.15, 0.2) is 24.3 Å². The van der Waals surface area contributed by atoms with Gasteiger partial charge in [0.1, 0.15) is 0 Å². The van der Waals surface area contributed by atoms with Gasteiger partial charge in [0, 0.05) is 12.1 Å². The fraction of sp³-hybridized carbons (Fsp3) is 0.333. The van der Waals surface area contributed by atoms with E-state index in [0.717, 1.165) is 18.5 Å². The summed E-state index contributed by atoms with van der Waals surface area (Å²) in [7, 11) is 3.98. The average Bonchev–Trinajstić information content (AvgIpc) is 2.26. The molecule has 0 aliphatic carbocycles. The third kappa shape index (κ3) is 3.47. The normalized spacial score (nSPS) is 10.4. The maximum atomic E-state index is 11.1. The molecule has 4 nitrogen and oxygen atoms in total. The molecule has 86 valence electrons. The quantitative estimate of drug-likeness (QED) is 0.596. The highest BCUT2D eigenvalue weighted by Crippen LogP contribution is 2.06. The van der Waals surface area contributed by atoms with E-state index < -0.39 is 11.8 Å². The molecule has 1 aromatic carbocycles. The number of carboxylic acids is 1. The molecule has 0 spiro atoms. The Morgan fingerprint density at radius 1 is 1.19 bits per heavy atom. The van der Waals surface area contributed by atoms with E-state index in [0.29, 0.717) is 0 Å². The first-order chi connectivity index (χ1) is 7.50. The van der Waals surface area contributed by atoms with E-state index in [1.54, 1.807) is 24.3 Å². The summed E-state index contributed by atoms with van der Waals surface area (Å²) in [6, 6.07) is 6.70. The summed E-state index contributed by atoms with van der Waals surface area (Å²) in [5.41, 5.74) is 1.32. The molecular formula is C12H15NO3. The minimum absolute atomic E-state index is 0.223. The first kappa shape index (κ1) is 12.4. The van der Waals surface area contributed by atoms with Crippen LogP contribution in [0.1, 0.15) is 15.9 Å². The fourth-order valence-corrected chi connectivity index (χ4v) is 1.30. The monoisotopic (exact) mass is 221 g/mol. The number of rotatable bonds is 5. The molecule has 1 N–H and O–H groups in total. The minimum Gasteiger partial charge on any atom is -0.475 e. The van der Waals surface area contributed by atoms with E-state index in [4.69, 9.17) is 5.11 Å². The van der Waals surface area contributed by atoms with Gasteiger partial charge in [0.15, 0.2) is 0 Å². The number of hydrogen-bond acceptors (Lipinski definition) is 3. The third-order valence-corrected chi connectivity index (χ3v) is 2.26. The Morgan fingerprint density at radius 2 is 1.75 bits per heavy atom. The molecule has 0 amide bonds. The summed E-state index contributed by atoms with van der Waals surface area (Å²) in [6.45, 7) is 0.923. The number of likely N-dealkylation sites (N-methyl/N-ethyl adjacent to an activating group) is 1. The molecule has 0 heterocycles. The summed E-state index contributed by atoms with van der Waals surface area (Å²) in [5.74, 6) is -2.28. The SMILES string of the molecule is CN(C)CCc1ccc(C(=O)C(=O)O)cc1. The topological polar surface area (TPSA) is 57.6 Å². The van der Waals surface area contributed by atoms with Crippen molar-refractivity contribution in [3.63, 3.8) is 0 Å². The van der Waals surface area contributed by atoms with E-state index in [1.807, 2.05) is 14.1 Å².